The molecule has 0 radical (unpaired) electrons. The molecular formula is C24H33N3O3S2. The molecule has 3 rings (SSSR count). The van der Waals surface area contributed by atoms with Crippen LogP contribution < -0.4 is 5.32 Å². The van der Waals surface area contributed by atoms with E-state index in [1.807, 2.05) is 11.0 Å². The third-order valence-electron chi connectivity index (χ3n) is 6.23. The fourth-order valence-corrected chi connectivity index (χ4v) is 5.97. The fraction of sp³-hybridized carbons (Fsp3) is 0.542. The Balaban J connectivity index is 1.66. The van der Waals surface area contributed by atoms with E-state index in [1.54, 1.807) is 6.20 Å². The van der Waals surface area contributed by atoms with Crippen LogP contribution in [0.2, 0.25) is 0 Å². The van der Waals surface area contributed by atoms with Crippen LogP contribution in [0.15, 0.2) is 40.7 Å². The number of thioether (sulfide) groups is 1. The molecule has 8 heteroatoms. The summed E-state index contributed by atoms with van der Waals surface area (Å²) in [5.41, 5.74) is 1.29. The van der Waals surface area contributed by atoms with Gasteiger partial charge in [-0.2, -0.15) is 0 Å². The molecule has 2 aromatic rings. The molecule has 32 heavy (non-hydrogen) atoms. The van der Waals surface area contributed by atoms with Crippen LogP contribution in [0.25, 0.3) is 0 Å². The molecule has 1 atom stereocenters. The lowest BCUT2D eigenvalue weighted by atomic mass is 9.83. The van der Waals surface area contributed by atoms with Crippen LogP contribution in [-0.4, -0.2) is 44.8 Å². The molecule has 1 heterocycles. The van der Waals surface area contributed by atoms with Gasteiger partial charge < -0.3 is 10.0 Å². The van der Waals surface area contributed by atoms with E-state index in [4.69, 9.17) is 5.11 Å². The van der Waals surface area contributed by atoms with Crippen molar-refractivity contribution < 1.29 is 14.7 Å². The lowest BCUT2D eigenvalue weighted by molar-refractivity contribution is -0.133. The summed E-state index contributed by atoms with van der Waals surface area (Å²) in [5, 5.41) is 12.4. The van der Waals surface area contributed by atoms with Crippen molar-refractivity contribution in [1.29, 1.82) is 0 Å². The minimum absolute atomic E-state index is 0.0150. The number of carboxylic acid groups (broad SMARTS) is 1. The van der Waals surface area contributed by atoms with Gasteiger partial charge in [0.15, 0.2) is 5.13 Å². The van der Waals surface area contributed by atoms with Gasteiger partial charge >= 0.3 is 12.0 Å². The van der Waals surface area contributed by atoms with E-state index in [0.29, 0.717) is 5.13 Å². The highest BCUT2D eigenvalue weighted by Gasteiger charge is 2.32. The van der Waals surface area contributed by atoms with Crippen molar-refractivity contribution in [3.8, 4) is 0 Å². The summed E-state index contributed by atoms with van der Waals surface area (Å²) in [7, 11) is 0. The Kier molecular flexibility index (Phi) is 9.41. The zero-order valence-corrected chi connectivity index (χ0v) is 20.5. The van der Waals surface area contributed by atoms with Crippen LogP contribution in [0.4, 0.5) is 9.93 Å². The Morgan fingerprint density at radius 3 is 2.62 bits per heavy atom. The number of urea groups is 1. The van der Waals surface area contributed by atoms with Crippen LogP contribution >= 0.6 is 23.1 Å². The van der Waals surface area contributed by atoms with Crippen LogP contribution in [-0.2, 0) is 11.2 Å². The normalized spacial score (nSPS) is 19.3. The van der Waals surface area contributed by atoms with Gasteiger partial charge in [-0.25, -0.2) is 9.78 Å². The molecule has 0 bridgehead atoms. The number of hydrogen-bond donors (Lipinski definition) is 2. The first kappa shape index (κ1) is 24.6. The smallest absolute Gasteiger partial charge is 0.324 e. The maximum absolute atomic E-state index is 13.4. The van der Waals surface area contributed by atoms with Crippen molar-refractivity contribution in [2.24, 2.45) is 5.92 Å². The van der Waals surface area contributed by atoms with Crippen molar-refractivity contribution in [3.05, 3.63) is 42.1 Å². The Morgan fingerprint density at radius 2 is 1.97 bits per heavy atom. The third kappa shape index (κ3) is 7.24. The highest BCUT2D eigenvalue weighted by Crippen LogP contribution is 2.32. The van der Waals surface area contributed by atoms with Gasteiger partial charge in [0, 0.05) is 12.1 Å². The Hall–Kier alpha value is -2.06. The number of aliphatic carboxylic acids is 1. The van der Waals surface area contributed by atoms with Crippen molar-refractivity contribution >= 4 is 40.2 Å². The number of rotatable bonds is 10. The first-order chi connectivity index (χ1) is 15.5. The van der Waals surface area contributed by atoms with Gasteiger partial charge in [-0.05, 0) is 56.9 Å². The number of aromatic nitrogens is 1. The quantitative estimate of drug-likeness (QED) is 0.403. The Labute approximate surface area is 198 Å². The summed E-state index contributed by atoms with van der Waals surface area (Å²) in [6.45, 7) is 4.39. The number of amides is 2. The topological polar surface area (TPSA) is 82.5 Å². The molecule has 1 aliphatic rings. The first-order valence-electron chi connectivity index (χ1n) is 11.4. The zero-order valence-electron chi connectivity index (χ0n) is 18.8. The molecular weight excluding hydrogens is 442 g/mol. The maximum Gasteiger partial charge on any atom is 0.324 e. The van der Waals surface area contributed by atoms with E-state index in [0.717, 1.165) is 35.8 Å². The Bertz CT molecular complexity index is 866. The van der Waals surface area contributed by atoms with Crippen LogP contribution in [0.3, 0.4) is 0 Å². The van der Waals surface area contributed by atoms with Crippen LogP contribution in [0.1, 0.15) is 57.9 Å². The molecule has 1 aromatic heterocycles. The monoisotopic (exact) mass is 475 g/mol. The van der Waals surface area contributed by atoms with Crippen LogP contribution in [0, 0.1) is 5.92 Å². The van der Waals surface area contributed by atoms with Crippen LogP contribution in [0.5, 0.6) is 0 Å². The molecule has 1 unspecified atom stereocenters. The molecule has 0 aliphatic heterocycles. The summed E-state index contributed by atoms with van der Waals surface area (Å²) in [4.78, 5) is 30.5. The average molecular weight is 476 g/mol. The molecule has 174 valence electrons. The number of aryl methyl sites for hydroxylation is 1. The first-order valence-corrected chi connectivity index (χ1v) is 13.2. The largest absolute Gasteiger partial charge is 0.481 e. The molecule has 1 fully saturated rings. The number of nitrogens with one attached hydrogen (secondary N) is 1. The predicted molar refractivity (Wildman–Crippen MR) is 132 cm³/mol. The van der Waals surface area contributed by atoms with Crippen molar-refractivity contribution in [3.63, 3.8) is 0 Å². The van der Waals surface area contributed by atoms with E-state index >= 15 is 0 Å². The van der Waals surface area contributed by atoms with Gasteiger partial charge in [-0.15, -0.1) is 11.8 Å². The van der Waals surface area contributed by atoms with Gasteiger partial charge in [0.2, 0.25) is 0 Å². The number of thiazole rings is 1. The van der Waals surface area contributed by atoms with Crippen molar-refractivity contribution in [2.45, 2.75) is 75.1 Å². The summed E-state index contributed by atoms with van der Waals surface area (Å²) < 4.78 is 0.787. The second-order valence-electron chi connectivity index (χ2n) is 8.46. The molecule has 6 nitrogen and oxygen atoms in total. The maximum atomic E-state index is 13.4. The molecule has 2 N–H and O–H groups in total. The van der Waals surface area contributed by atoms with Gasteiger partial charge in [0.1, 0.15) is 0 Å². The van der Waals surface area contributed by atoms with Crippen molar-refractivity contribution in [2.75, 3.05) is 11.1 Å². The molecule has 2 amide bonds. The number of carboxylic acids is 1. The summed E-state index contributed by atoms with van der Waals surface area (Å²) in [6, 6.07) is 10.6. The molecule has 1 aliphatic carbocycles. The summed E-state index contributed by atoms with van der Waals surface area (Å²) >= 11 is 2.54. The number of carbonyl (C=O) groups is 2. The fourth-order valence-electron chi connectivity index (χ4n) is 4.39. The van der Waals surface area contributed by atoms with E-state index in [9.17, 15) is 9.59 Å². The second kappa shape index (κ2) is 12.3. The standard InChI is InChI=1S/C24H33N3O3S2/c1-3-18-11-13-20(14-12-18)27(17(2)9-10-19-7-5-4-6-8-19)24(30)26-23-25-15-22(32-23)31-16-21(28)29/h4-8,15,17-18,20H,3,9-14,16H2,1-2H3,(H,28,29)(H,25,26,30). The highest BCUT2D eigenvalue weighted by atomic mass is 32.2. The predicted octanol–water partition coefficient (Wildman–Crippen LogP) is 6.14. The number of hydrogen-bond acceptors (Lipinski definition) is 5. The Morgan fingerprint density at radius 1 is 1.25 bits per heavy atom. The summed E-state index contributed by atoms with van der Waals surface area (Å²) in [5.74, 6) is -0.113. The van der Waals surface area contributed by atoms with E-state index in [-0.39, 0.29) is 23.9 Å². The van der Waals surface area contributed by atoms with Gasteiger partial charge in [-0.1, -0.05) is 55.0 Å². The third-order valence-corrected chi connectivity index (χ3v) is 8.32. The molecule has 1 saturated carbocycles. The van der Waals surface area contributed by atoms with Gasteiger partial charge in [0.25, 0.3) is 0 Å². The second-order valence-corrected chi connectivity index (χ2v) is 10.8. The number of carbonyl (C=O) groups excluding carboxylic acids is 1. The lowest BCUT2D eigenvalue weighted by Gasteiger charge is -2.40. The van der Waals surface area contributed by atoms with Gasteiger partial charge in [0.05, 0.1) is 16.2 Å². The van der Waals surface area contributed by atoms with E-state index in [2.05, 4.69) is 48.4 Å². The number of anilines is 1. The minimum Gasteiger partial charge on any atom is -0.481 e. The minimum atomic E-state index is -0.866. The van der Waals surface area contributed by atoms with E-state index in [1.165, 1.54) is 47.9 Å². The SMILES string of the molecule is CCC1CCC(N(C(=O)Nc2ncc(SCC(=O)O)s2)C(C)CCc2ccccc2)CC1. The zero-order chi connectivity index (χ0) is 22.9. The van der Waals surface area contributed by atoms with Crippen molar-refractivity contribution in [1.82, 2.24) is 9.88 Å². The highest BCUT2D eigenvalue weighted by molar-refractivity contribution is 8.01. The molecule has 0 saturated heterocycles. The molecule has 1 aromatic carbocycles. The molecule has 0 spiro atoms. The lowest BCUT2D eigenvalue weighted by Crippen LogP contribution is -2.49. The van der Waals surface area contributed by atoms with E-state index < -0.39 is 5.97 Å². The van der Waals surface area contributed by atoms with Gasteiger partial charge in [-0.3, -0.25) is 10.1 Å². The summed E-state index contributed by atoms with van der Waals surface area (Å²) in [6.07, 6.45) is 9.10. The average Bonchev–Trinajstić information content (AvgIpc) is 3.25. The number of benzene rings is 1. The number of nitrogens with zero attached hydrogens (tertiary/aromatic N) is 2.